The third-order valence-corrected chi connectivity index (χ3v) is 4.61. The molecule has 0 spiro atoms. The standard InChI is InChI=1S/C16H15Cl2NO2/c1-16(2)4-3-12-10(7-16)13(15(20)21)9-5-8(17)6-11(18)14(9)19-12/h5-6H,3-4,7H2,1-2H3,(H,20,21). The summed E-state index contributed by atoms with van der Waals surface area (Å²) in [5.41, 5.74) is 2.58. The number of pyridine rings is 1. The van der Waals surface area contributed by atoms with Gasteiger partial charge in [-0.2, -0.15) is 0 Å². The second-order valence-corrected chi connectivity index (χ2v) is 7.19. The van der Waals surface area contributed by atoms with Gasteiger partial charge in [0.2, 0.25) is 0 Å². The quantitative estimate of drug-likeness (QED) is 0.823. The summed E-state index contributed by atoms with van der Waals surface area (Å²) in [6.45, 7) is 4.30. The van der Waals surface area contributed by atoms with Crippen LogP contribution >= 0.6 is 23.2 Å². The first-order valence-corrected chi connectivity index (χ1v) is 7.58. The van der Waals surface area contributed by atoms with Gasteiger partial charge in [-0.25, -0.2) is 4.79 Å². The van der Waals surface area contributed by atoms with Gasteiger partial charge in [0, 0.05) is 16.1 Å². The second kappa shape index (κ2) is 4.85. The topological polar surface area (TPSA) is 50.2 Å². The number of halogens is 2. The predicted molar refractivity (Wildman–Crippen MR) is 84.5 cm³/mol. The number of fused-ring (bicyclic) bond motifs is 2. The molecule has 1 heterocycles. The second-order valence-electron chi connectivity index (χ2n) is 6.34. The summed E-state index contributed by atoms with van der Waals surface area (Å²) in [4.78, 5) is 16.4. The molecule has 0 saturated carbocycles. The maximum atomic E-state index is 11.8. The molecule has 0 aliphatic heterocycles. The van der Waals surface area contributed by atoms with Crippen molar-refractivity contribution in [2.24, 2.45) is 5.41 Å². The van der Waals surface area contributed by atoms with E-state index in [2.05, 4.69) is 18.8 Å². The molecule has 0 atom stereocenters. The Bertz CT molecular complexity index is 769. The maximum absolute atomic E-state index is 11.8. The number of aromatic nitrogens is 1. The summed E-state index contributed by atoms with van der Waals surface area (Å²) in [5.74, 6) is -0.949. The third kappa shape index (κ3) is 2.49. The molecule has 3 rings (SSSR count). The fraction of sp³-hybridized carbons (Fsp3) is 0.375. The molecule has 0 saturated heterocycles. The normalized spacial score (nSPS) is 16.8. The molecule has 1 aliphatic carbocycles. The molecule has 0 bridgehead atoms. The van der Waals surface area contributed by atoms with Crippen LogP contribution in [0.4, 0.5) is 0 Å². The van der Waals surface area contributed by atoms with Crippen molar-refractivity contribution in [3.8, 4) is 0 Å². The highest BCUT2D eigenvalue weighted by Gasteiger charge is 2.31. The molecule has 1 aromatic heterocycles. The highest BCUT2D eigenvalue weighted by molar-refractivity contribution is 6.38. The third-order valence-electron chi connectivity index (χ3n) is 4.10. The lowest BCUT2D eigenvalue weighted by molar-refractivity contribution is 0.0696. The number of hydrogen-bond donors (Lipinski definition) is 1. The number of carbonyl (C=O) groups is 1. The molecule has 0 fully saturated rings. The van der Waals surface area contributed by atoms with Gasteiger partial charge < -0.3 is 5.11 Å². The monoisotopic (exact) mass is 323 g/mol. The molecular weight excluding hydrogens is 309 g/mol. The Hall–Kier alpha value is -1.32. The van der Waals surface area contributed by atoms with Gasteiger partial charge >= 0.3 is 5.97 Å². The van der Waals surface area contributed by atoms with Crippen LogP contribution in [0.15, 0.2) is 12.1 Å². The van der Waals surface area contributed by atoms with Gasteiger partial charge in [0.1, 0.15) is 0 Å². The number of aromatic carboxylic acids is 1. The van der Waals surface area contributed by atoms with Crippen LogP contribution in [0, 0.1) is 5.41 Å². The van der Waals surface area contributed by atoms with Crippen molar-refractivity contribution in [2.75, 3.05) is 0 Å². The van der Waals surface area contributed by atoms with Crippen LogP contribution in [0.1, 0.15) is 41.9 Å². The Morgan fingerprint density at radius 3 is 2.71 bits per heavy atom. The number of carboxylic acid groups (broad SMARTS) is 1. The summed E-state index contributed by atoms with van der Waals surface area (Å²) < 4.78 is 0. The summed E-state index contributed by atoms with van der Waals surface area (Å²) in [6, 6.07) is 3.24. The van der Waals surface area contributed by atoms with Gasteiger partial charge in [0.15, 0.2) is 0 Å². The van der Waals surface area contributed by atoms with Crippen LogP contribution in [0.2, 0.25) is 10.0 Å². The van der Waals surface area contributed by atoms with Crippen molar-refractivity contribution < 1.29 is 9.90 Å². The van der Waals surface area contributed by atoms with Crippen LogP contribution in [0.5, 0.6) is 0 Å². The minimum absolute atomic E-state index is 0.0783. The SMILES string of the molecule is CC1(C)CCc2nc3c(Cl)cc(Cl)cc3c(C(=O)O)c2C1. The van der Waals surface area contributed by atoms with Crippen LogP contribution in [0.3, 0.4) is 0 Å². The summed E-state index contributed by atoms with van der Waals surface area (Å²) in [7, 11) is 0. The van der Waals surface area contributed by atoms with E-state index < -0.39 is 5.97 Å². The first-order chi connectivity index (χ1) is 9.78. The Balaban J connectivity index is 2.41. The molecular formula is C16H15Cl2NO2. The predicted octanol–water partition coefficient (Wildman–Crippen LogP) is 4.75. The van der Waals surface area contributed by atoms with E-state index in [9.17, 15) is 9.90 Å². The molecule has 0 unspecified atom stereocenters. The zero-order valence-electron chi connectivity index (χ0n) is 11.8. The van der Waals surface area contributed by atoms with Gasteiger partial charge in [-0.05, 0) is 42.4 Å². The number of hydrogen-bond acceptors (Lipinski definition) is 2. The minimum atomic E-state index is -0.949. The lowest BCUT2D eigenvalue weighted by Gasteiger charge is -2.32. The molecule has 21 heavy (non-hydrogen) atoms. The molecule has 1 aliphatic rings. The van der Waals surface area contributed by atoms with Crippen molar-refractivity contribution in [1.29, 1.82) is 0 Å². The lowest BCUT2D eigenvalue weighted by Crippen LogP contribution is -2.25. The van der Waals surface area contributed by atoms with E-state index in [1.54, 1.807) is 12.1 Å². The molecule has 2 aromatic rings. The van der Waals surface area contributed by atoms with Crippen LogP contribution in [-0.2, 0) is 12.8 Å². The Morgan fingerprint density at radius 1 is 1.33 bits per heavy atom. The molecule has 110 valence electrons. The molecule has 0 amide bonds. The summed E-state index contributed by atoms with van der Waals surface area (Å²) in [5, 5.41) is 11.0. The molecule has 1 aromatic carbocycles. The summed E-state index contributed by atoms with van der Waals surface area (Å²) in [6.07, 6.45) is 2.47. The van der Waals surface area contributed by atoms with Crippen molar-refractivity contribution in [3.05, 3.63) is 39.0 Å². The Labute approximate surface area is 132 Å². The zero-order valence-corrected chi connectivity index (χ0v) is 13.3. The highest BCUT2D eigenvalue weighted by Crippen LogP contribution is 2.39. The van der Waals surface area contributed by atoms with Crippen molar-refractivity contribution in [2.45, 2.75) is 33.1 Å². The number of carboxylic acids is 1. The Kier molecular flexibility index (Phi) is 3.38. The number of nitrogens with zero attached hydrogens (tertiary/aromatic N) is 1. The lowest BCUT2D eigenvalue weighted by atomic mass is 9.74. The highest BCUT2D eigenvalue weighted by atomic mass is 35.5. The first kappa shape index (κ1) is 14.6. The number of aryl methyl sites for hydroxylation is 1. The van der Waals surface area contributed by atoms with Gasteiger partial charge in [-0.1, -0.05) is 37.0 Å². The van der Waals surface area contributed by atoms with Crippen molar-refractivity contribution >= 4 is 40.1 Å². The first-order valence-electron chi connectivity index (χ1n) is 6.82. The minimum Gasteiger partial charge on any atom is -0.478 e. The van der Waals surface area contributed by atoms with Crippen LogP contribution in [0.25, 0.3) is 10.9 Å². The Morgan fingerprint density at radius 2 is 2.05 bits per heavy atom. The fourth-order valence-electron chi connectivity index (χ4n) is 3.04. The van der Waals surface area contributed by atoms with Gasteiger partial charge in [-0.3, -0.25) is 4.98 Å². The van der Waals surface area contributed by atoms with Gasteiger partial charge in [0.05, 0.1) is 16.1 Å². The van der Waals surface area contributed by atoms with E-state index in [0.29, 0.717) is 32.9 Å². The van der Waals surface area contributed by atoms with Gasteiger partial charge in [0.25, 0.3) is 0 Å². The summed E-state index contributed by atoms with van der Waals surface area (Å²) >= 11 is 12.2. The number of rotatable bonds is 1. The van der Waals surface area contributed by atoms with Crippen LogP contribution in [-0.4, -0.2) is 16.1 Å². The van der Waals surface area contributed by atoms with E-state index in [4.69, 9.17) is 23.2 Å². The molecule has 3 nitrogen and oxygen atoms in total. The maximum Gasteiger partial charge on any atom is 0.336 e. The molecule has 0 radical (unpaired) electrons. The average molecular weight is 324 g/mol. The van der Waals surface area contributed by atoms with Crippen LogP contribution < -0.4 is 0 Å². The van der Waals surface area contributed by atoms with Gasteiger partial charge in [-0.15, -0.1) is 0 Å². The van der Waals surface area contributed by atoms with E-state index in [1.165, 1.54) is 0 Å². The van der Waals surface area contributed by atoms with Crippen molar-refractivity contribution in [1.82, 2.24) is 4.98 Å². The zero-order chi connectivity index (χ0) is 15.4. The van der Waals surface area contributed by atoms with E-state index in [1.807, 2.05) is 0 Å². The average Bonchev–Trinajstić information content (AvgIpc) is 2.35. The number of benzene rings is 1. The van der Waals surface area contributed by atoms with E-state index >= 15 is 0 Å². The van der Waals surface area contributed by atoms with Crippen molar-refractivity contribution in [3.63, 3.8) is 0 Å². The molecule has 1 N–H and O–H groups in total. The smallest absolute Gasteiger partial charge is 0.336 e. The van der Waals surface area contributed by atoms with E-state index in [-0.39, 0.29) is 5.41 Å². The molecule has 5 heteroatoms. The van der Waals surface area contributed by atoms with E-state index in [0.717, 1.165) is 24.1 Å². The largest absolute Gasteiger partial charge is 0.478 e. The fourth-order valence-corrected chi connectivity index (χ4v) is 3.58.